The Bertz CT molecular complexity index is 541. The Morgan fingerprint density at radius 1 is 1.35 bits per heavy atom. The van der Waals surface area contributed by atoms with Gasteiger partial charge < -0.3 is 15.4 Å². The van der Waals surface area contributed by atoms with Crippen LogP contribution in [0.2, 0.25) is 0 Å². The lowest BCUT2D eigenvalue weighted by Gasteiger charge is -2.07. The third kappa shape index (κ3) is 2.28. The molecule has 0 saturated heterocycles. The minimum atomic E-state index is -1.06. The Morgan fingerprint density at radius 2 is 2.06 bits per heavy atom. The molecule has 3 N–H and O–H groups in total. The van der Waals surface area contributed by atoms with Crippen LogP contribution in [0.3, 0.4) is 0 Å². The van der Waals surface area contributed by atoms with Crippen LogP contribution in [0.1, 0.15) is 17.4 Å². The average Bonchev–Trinajstić information content (AvgIpc) is 2.72. The molecule has 5 nitrogen and oxygen atoms in total. The number of aromatic amines is 1. The van der Waals surface area contributed by atoms with E-state index in [0.29, 0.717) is 5.69 Å². The number of hydrogen-bond acceptors (Lipinski definition) is 2. The van der Waals surface area contributed by atoms with Gasteiger partial charge in [0, 0.05) is 10.9 Å². The zero-order valence-corrected chi connectivity index (χ0v) is 9.23. The van der Waals surface area contributed by atoms with Gasteiger partial charge in [0.2, 0.25) is 0 Å². The second-order valence-electron chi connectivity index (χ2n) is 3.80. The standard InChI is InChI=1S/C12H12N2O3/c1-7(12(16)17)13-11(15)10-6-8-4-2-3-5-9(8)14-10/h2-7,14H,1H3,(H,13,15)(H,16,17)/t7-/m1/s1. The van der Waals surface area contributed by atoms with Crippen molar-refractivity contribution in [2.75, 3.05) is 0 Å². The molecule has 1 heterocycles. The summed E-state index contributed by atoms with van der Waals surface area (Å²) in [6.07, 6.45) is 0. The summed E-state index contributed by atoms with van der Waals surface area (Å²) in [5.41, 5.74) is 1.21. The zero-order valence-electron chi connectivity index (χ0n) is 9.23. The minimum absolute atomic E-state index is 0.360. The Labute approximate surface area is 97.4 Å². The van der Waals surface area contributed by atoms with E-state index in [1.807, 2.05) is 24.3 Å². The predicted octanol–water partition coefficient (Wildman–Crippen LogP) is 1.37. The number of aliphatic carboxylic acids is 1. The van der Waals surface area contributed by atoms with Gasteiger partial charge >= 0.3 is 5.97 Å². The van der Waals surface area contributed by atoms with Crippen molar-refractivity contribution < 1.29 is 14.7 Å². The molecule has 0 aliphatic rings. The lowest BCUT2D eigenvalue weighted by Crippen LogP contribution is -2.38. The van der Waals surface area contributed by atoms with Crippen LogP contribution in [0.25, 0.3) is 10.9 Å². The fourth-order valence-electron chi connectivity index (χ4n) is 1.53. The van der Waals surface area contributed by atoms with Gasteiger partial charge in [0.1, 0.15) is 11.7 Å². The molecule has 0 fully saturated rings. The second kappa shape index (κ2) is 4.29. The normalized spacial score (nSPS) is 12.3. The molecule has 0 aliphatic heterocycles. The van der Waals surface area contributed by atoms with E-state index in [1.54, 1.807) is 6.07 Å². The first-order chi connectivity index (χ1) is 8.08. The van der Waals surface area contributed by atoms with Crippen LogP contribution < -0.4 is 5.32 Å². The van der Waals surface area contributed by atoms with E-state index in [0.717, 1.165) is 10.9 Å². The maximum atomic E-state index is 11.7. The Hall–Kier alpha value is -2.30. The largest absolute Gasteiger partial charge is 0.480 e. The van der Waals surface area contributed by atoms with E-state index in [2.05, 4.69) is 10.3 Å². The summed E-state index contributed by atoms with van der Waals surface area (Å²) >= 11 is 0. The van der Waals surface area contributed by atoms with E-state index >= 15 is 0 Å². The van der Waals surface area contributed by atoms with Crippen molar-refractivity contribution in [3.8, 4) is 0 Å². The van der Waals surface area contributed by atoms with Crippen molar-refractivity contribution in [1.82, 2.24) is 10.3 Å². The summed E-state index contributed by atoms with van der Waals surface area (Å²) in [7, 11) is 0. The molecule has 1 atom stereocenters. The molecule has 0 saturated carbocycles. The van der Waals surface area contributed by atoms with Crippen LogP contribution in [-0.4, -0.2) is 28.0 Å². The topological polar surface area (TPSA) is 82.2 Å². The number of carboxylic acid groups (broad SMARTS) is 1. The lowest BCUT2D eigenvalue weighted by molar-refractivity contribution is -0.138. The van der Waals surface area contributed by atoms with Gasteiger partial charge in [-0.2, -0.15) is 0 Å². The van der Waals surface area contributed by atoms with Crippen LogP contribution in [0.4, 0.5) is 0 Å². The highest BCUT2D eigenvalue weighted by Gasteiger charge is 2.16. The summed E-state index contributed by atoms with van der Waals surface area (Å²) in [6, 6.07) is 8.25. The third-order valence-electron chi connectivity index (χ3n) is 2.49. The summed E-state index contributed by atoms with van der Waals surface area (Å²) in [5.74, 6) is -1.48. The van der Waals surface area contributed by atoms with Gasteiger partial charge in [-0.05, 0) is 19.1 Å². The van der Waals surface area contributed by atoms with Gasteiger partial charge in [0.15, 0.2) is 0 Å². The molecule has 0 unspecified atom stereocenters. The molecule has 5 heteroatoms. The molecule has 2 aromatic rings. The molecule has 0 aliphatic carbocycles. The van der Waals surface area contributed by atoms with Gasteiger partial charge in [-0.25, -0.2) is 0 Å². The molecule has 0 bridgehead atoms. The van der Waals surface area contributed by atoms with E-state index in [4.69, 9.17) is 5.11 Å². The van der Waals surface area contributed by atoms with E-state index in [1.165, 1.54) is 6.92 Å². The van der Waals surface area contributed by atoms with Gasteiger partial charge in [-0.15, -0.1) is 0 Å². The summed E-state index contributed by atoms with van der Waals surface area (Å²) in [6.45, 7) is 1.42. The monoisotopic (exact) mass is 232 g/mol. The van der Waals surface area contributed by atoms with Crippen molar-refractivity contribution in [3.05, 3.63) is 36.0 Å². The third-order valence-corrected chi connectivity index (χ3v) is 2.49. The molecule has 88 valence electrons. The number of H-pyrrole nitrogens is 1. The molecule has 1 aromatic carbocycles. The van der Waals surface area contributed by atoms with E-state index < -0.39 is 17.9 Å². The summed E-state index contributed by atoms with van der Waals surface area (Å²) in [4.78, 5) is 25.3. The van der Waals surface area contributed by atoms with Crippen molar-refractivity contribution in [1.29, 1.82) is 0 Å². The van der Waals surface area contributed by atoms with Crippen LogP contribution in [0, 0.1) is 0 Å². The average molecular weight is 232 g/mol. The maximum absolute atomic E-state index is 11.7. The maximum Gasteiger partial charge on any atom is 0.325 e. The first kappa shape index (κ1) is 11.2. The fourth-order valence-corrected chi connectivity index (χ4v) is 1.53. The van der Waals surface area contributed by atoms with Crippen LogP contribution in [-0.2, 0) is 4.79 Å². The summed E-state index contributed by atoms with van der Waals surface area (Å²) < 4.78 is 0. The zero-order chi connectivity index (χ0) is 12.4. The highest BCUT2D eigenvalue weighted by Crippen LogP contribution is 2.14. The van der Waals surface area contributed by atoms with E-state index in [9.17, 15) is 9.59 Å². The molecular weight excluding hydrogens is 220 g/mol. The van der Waals surface area contributed by atoms with Gasteiger partial charge in [-0.1, -0.05) is 18.2 Å². The number of rotatable bonds is 3. The van der Waals surface area contributed by atoms with Crippen molar-refractivity contribution in [3.63, 3.8) is 0 Å². The van der Waals surface area contributed by atoms with Gasteiger partial charge in [0.25, 0.3) is 5.91 Å². The first-order valence-corrected chi connectivity index (χ1v) is 5.19. The Balaban J connectivity index is 2.22. The number of carbonyl (C=O) groups excluding carboxylic acids is 1. The summed E-state index contributed by atoms with van der Waals surface area (Å²) in [5, 5.41) is 12.0. The van der Waals surface area contributed by atoms with Crippen molar-refractivity contribution in [2.45, 2.75) is 13.0 Å². The van der Waals surface area contributed by atoms with Gasteiger partial charge in [0.05, 0.1) is 0 Å². The predicted molar refractivity (Wildman–Crippen MR) is 62.9 cm³/mol. The number of aromatic nitrogens is 1. The number of nitrogens with one attached hydrogen (secondary N) is 2. The highest BCUT2D eigenvalue weighted by molar-refractivity contribution is 5.99. The first-order valence-electron chi connectivity index (χ1n) is 5.19. The SMILES string of the molecule is C[C@@H](NC(=O)c1cc2ccccc2[nH]1)C(=O)O. The fraction of sp³-hybridized carbons (Fsp3) is 0.167. The van der Waals surface area contributed by atoms with Crippen molar-refractivity contribution >= 4 is 22.8 Å². The number of amides is 1. The number of carboxylic acids is 1. The van der Waals surface area contributed by atoms with Gasteiger partial charge in [-0.3, -0.25) is 9.59 Å². The molecule has 17 heavy (non-hydrogen) atoms. The Morgan fingerprint density at radius 3 is 2.71 bits per heavy atom. The molecule has 1 amide bonds. The number of benzene rings is 1. The minimum Gasteiger partial charge on any atom is -0.480 e. The highest BCUT2D eigenvalue weighted by atomic mass is 16.4. The number of fused-ring (bicyclic) bond motifs is 1. The second-order valence-corrected chi connectivity index (χ2v) is 3.80. The molecule has 0 spiro atoms. The Kier molecular flexibility index (Phi) is 2.82. The smallest absolute Gasteiger partial charge is 0.325 e. The van der Waals surface area contributed by atoms with Crippen molar-refractivity contribution in [2.24, 2.45) is 0 Å². The molecule has 2 rings (SSSR count). The quantitative estimate of drug-likeness (QED) is 0.747. The number of para-hydroxylation sites is 1. The molecule has 1 aromatic heterocycles. The van der Waals surface area contributed by atoms with Crippen LogP contribution in [0.5, 0.6) is 0 Å². The number of hydrogen-bond donors (Lipinski definition) is 3. The van der Waals surface area contributed by atoms with E-state index in [-0.39, 0.29) is 0 Å². The van der Waals surface area contributed by atoms with Crippen LogP contribution in [0.15, 0.2) is 30.3 Å². The molecular formula is C12H12N2O3. The molecule has 0 radical (unpaired) electrons. The number of carbonyl (C=O) groups is 2. The lowest BCUT2D eigenvalue weighted by atomic mass is 10.2. The van der Waals surface area contributed by atoms with Crippen LogP contribution >= 0.6 is 0 Å².